The van der Waals surface area contributed by atoms with Crippen LogP contribution in [0.2, 0.25) is 0 Å². The lowest BCUT2D eigenvalue weighted by Crippen LogP contribution is -2.48. The highest BCUT2D eigenvalue weighted by atomic mass is 16.5. The first-order chi connectivity index (χ1) is 18.6. The maximum atomic E-state index is 13.8. The Morgan fingerprint density at radius 3 is 2.45 bits per heavy atom. The largest absolute Gasteiger partial charge is 0.497 e. The molecular weight excluding hydrogens is 482 g/mol. The zero-order chi connectivity index (χ0) is 26.7. The highest BCUT2D eigenvalue weighted by Gasteiger charge is 2.32. The van der Waals surface area contributed by atoms with Crippen LogP contribution in [0.3, 0.4) is 0 Å². The molecule has 0 radical (unpaired) electrons. The molecule has 2 heterocycles. The van der Waals surface area contributed by atoms with Crippen LogP contribution in [-0.4, -0.2) is 55.1 Å². The van der Waals surface area contributed by atoms with Crippen molar-refractivity contribution in [1.29, 1.82) is 0 Å². The second-order valence-corrected chi connectivity index (χ2v) is 9.29. The molecule has 1 aliphatic heterocycles. The number of amides is 2. The molecule has 2 amide bonds. The number of nitrogens with one attached hydrogen (secondary N) is 1. The van der Waals surface area contributed by atoms with E-state index in [2.05, 4.69) is 16.4 Å². The van der Waals surface area contributed by atoms with E-state index < -0.39 is 6.04 Å². The van der Waals surface area contributed by atoms with E-state index in [0.29, 0.717) is 36.6 Å². The van der Waals surface area contributed by atoms with Crippen molar-refractivity contribution >= 4 is 11.8 Å². The quantitative estimate of drug-likeness (QED) is 0.379. The van der Waals surface area contributed by atoms with Gasteiger partial charge in [0, 0.05) is 37.1 Å². The monoisotopic (exact) mass is 517 g/mol. The molecule has 1 aromatic heterocycles. The van der Waals surface area contributed by atoms with Crippen LogP contribution in [0.5, 0.6) is 17.2 Å². The van der Waals surface area contributed by atoms with Crippen molar-refractivity contribution in [3.8, 4) is 17.2 Å². The number of pyridine rings is 1. The Balaban J connectivity index is 1.47. The predicted octanol–water partition coefficient (Wildman–Crippen LogP) is 4.42. The third-order valence-corrected chi connectivity index (χ3v) is 6.62. The number of hydrogen-bond donors (Lipinski definition) is 1. The smallest absolute Gasteiger partial charge is 0.255 e. The van der Waals surface area contributed by atoms with Gasteiger partial charge >= 0.3 is 0 Å². The van der Waals surface area contributed by atoms with E-state index in [9.17, 15) is 9.59 Å². The van der Waals surface area contributed by atoms with E-state index in [4.69, 9.17) is 14.2 Å². The van der Waals surface area contributed by atoms with Crippen molar-refractivity contribution in [3.05, 3.63) is 83.7 Å². The van der Waals surface area contributed by atoms with E-state index in [1.54, 1.807) is 43.5 Å². The van der Waals surface area contributed by atoms with E-state index in [1.807, 2.05) is 36.5 Å². The van der Waals surface area contributed by atoms with Crippen LogP contribution < -0.4 is 19.5 Å². The van der Waals surface area contributed by atoms with Crippen LogP contribution in [-0.2, 0) is 17.8 Å². The van der Waals surface area contributed by atoms with Crippen LogP contribution in [0.1, 0.15) is 47.2 Å². The molecule has 0 aliphatic carbocycles. The summed E-state index contributed by atoms with van der Waals surface area (Å²) >= 11 is 0. The molecule has 1 aliphatic rings. The summed E-state index contributed by atoms with van der Waals surface area (Å²) in [4.78, 5) is 32.6. The van der Waals surface area contributed by atoms with Gasteiger partial charge in [0.15, 0.2) is 0 Å². The van der Waals surface area contributed by atoms with Crippen molar-refractivity contribution < 1.29 is 23.8 Å². The molecule has 1 fully saturated rings. The van der Waals surface area contributed by atoms with Crippen LogP contribution in [0.4, 0.5) is 0 Å². The highest BCUT2D eigenvalue weighted by molar-refractivity contribution is 5.98. The molecule has 8 heteroatoms. The normalized spacial score (nSPS) is 15.2. The third kappa shape index (κ3) is 7.25. The predicted molar refractivity (Wildman–Crippen MR) is 145 cm³/mol. The van der Waals surface area contributed by atoms with Gasteiger partial charge in [0.2, 0.25) is 5.91 Å². The number of carbonyl (C=O) groups excluding carboxylic acids is 2. The summed E-state index contributed by atoms with van der Waals surface area (Å²) in [6.07, 6.45) is 7.80. The Hall–Kier alpha value is -4.07. The molecular formula is C30H35N3O5. The molecule has 1 atom stereocenters. The average Bonchev–Trinajstić information content (AvgIpc) is 3.18. The SMILES string of the molecule is COc1cc(OC)cc(C(=O)N(Cc2ccc(OCCCc3cccnc3)cc2)[C@H]2CCCCNC2=O)c1. The van der Waals surface area contributed by atoms with Gasteiger partial charge < -0.3 is 24.4 Å². The Morgan fingerprint density at radius 2 is 1.76 bits per heavy atom. The van der Waals surface area contributed by atoms with Gasteiger partial charge in [-0.1, -0.05) is 18.2 Å². The molecule has 4 rings (SSSR count). The van der Waals surface area contributed by atoms with Gasteiger partial charge in [-0.3, -0.25) is 14.6 Å². The summed E-state index contributed by atoms with van der Waals surface area (Å²) in [5.74, 6) is 1.42. The first kappa shape index (κ1) is 27.0. The van der Waals surface area contributed by atoms with Gasteiger partial charge in [-0.05, 0) is 73.6 Å². The molecule has 38 heavy (non-hydrogen) atoms. The lowest BCUT2D eigenvalue weighted by atomic mass is 10.0. The maximum Gasteiger partial charge on any atom is 0.255 e. The molecule has 8 nitrogen and oxygen atoms in total. The van der Waals surface area contributed by atoms with Crippen molar-refractivity contribution in [2.24, 2.45) is 0 Å². The van der Waals surface area contributed by atoms with Crippen molar-refractivity contribution in [1.82, 2.24) is 15.2 Å². The van der Waals surface area contributed by atoms with Crippen molar-refractivity contribution in [2.75, 3.05) is 27.4 Å². The van der Waals surface area contributed by atoms with Gasteiger partial charge in [-0.2, -0.15) is 0 Å². The lowest BCUT2D eigenvalue weighted by molar-refractivity contribution is -0.125. The number of methoxy groups -OCH3 is 2. The Kier molecular flexibility index (Phi) is 9.56. The molecule has 1 N–H and O–H groups in total. The van der Waals surface area contributed by atoms with Crippen molar-refractivity contribution in [3.63, 3.8) is 0 Å². The van der Waals surface area contributed by atoms with Gasteiger partial charge in [0.25, 0.3) is 5.91 Å². The Morgan fingerprint density at radius 1 is 1.00 bits per heavy atom. The number of aryl methyl sites for hydroxylation is 1. The first-order valence-electron chi connectivity index (χ1n) is 13.0. The number of carbonyl (C=O) groups is 2. The summed E-state index contributed by atoms with van der Waals surface area (Å²) in [6, 6.07) is 16.2. The lowest BCUT2D eigenvalue weighted by Gasteiger charge is -2.30. The number of nitrogens with zero attached hydrogens (tertiary/aromatic N) is 2. The first-order valence-corrected chi connectivity index (χ1v) is 13.0. The van der Waals surface area contributed by atoms with E-state index in [1.165, 1.54) is 5.56 Å². The van der Waals surface area contributed by atoms with Gasteiger partial charge in [-0.15, -0.1) is 0 Å². The third-order valence-electron chi connectivity index (χ3n) is 6.62. The zero-order valence-electron chi connectivity index (χ0n) is 22.0. The van der Waals surface area contributed by atoms with Gasteiger partial charge in [0.05, 0.1) is 20.8 Å². The second kappa shape index (κ2) is 13.5. The summed E-state index contributed by atoms with van der Waals surface area (Å²) < 4.78 is 16.6. The van der Waals surface area contributed by atoms with E-state index in [-0.39, 0.29) is 18.4 Å². The Bertz CT molecular complexity index is 1180. The molecule has 3 aromatic rings. The van der Waals surface area contributed by atoms with Crippen LogP contribution >= 0.6 is 0 Å². The topological polar surface area (TPSA) is 90.0 Å². The molecule has 0 saturated carbocycles. The number of aromatic nitrogens is 1. The maximum absolute atomic E-state index is 13.8. The minimum atomic E-state index is -0.564. The highest BCUT2D eigenvalue weighted by Crippen LogP contribution is 2.26. The minimum absolute atomic E-state index is 0.126. The molecule has 200 valence electrons. The average molecular weight is 518 g/mol. The fraction of sp³-hybridized carbons (Fsp3) is 0.367. The van der Waals surface area contributed by atoms with Gasteiger partial charge in [0.1, 0.15) is 23.3 Å². The minimum Gasteiger partial charge on any atom is -0.497 e. The standard InChI is InChI=1S/C30H35N3O5/c1-36-26-17-24(18-27(19-26)37-2)30(35)33(28-9-3-4-15-32-29(28)34)21-23-10-12-25(13-11-23)38-16-6-8-22-7-5-14-31-20-22/h5,7,10-14,17-20,28H,3-4,6,8-9,15-16,21H2,1-2H3,(H,32,34)/t28-/m0/s1. The van der Waals surface area contributed by atoms with Crippen LogP contribution in [0.25, 0.3) is 0 Å². The number of hydrogen-bond acceptors (Lipinski definition) is 6. The number of rotatable bonds is 11. The van der Waals surface area contributed by atoms with Crippen LogP contribution in [0.15, 0.2) is 67.0 Å². The molecule has 2 aromatic carbocycles. The number of benzene rings is 2. The summed E-state index contributed by atoms with van der Waals surface area (Å²) in [5, 5.41) is 2.96. The summed E-state index contributed by atoms with van der Waals surface area (Å²) in [6.45, 7) is 1.51. The fourth-order valence-corrected chi connectivity index (χ4v) is 4.54. The second-order valence-electron chi connectivity index (χ2n) is 9.29. The van der Waals surface area contributed by atoms with E-state index in [0.717, 1.165) is 37.0 Å². The number of ether oxygens (including phenoxy) is 3. The molecule has 0 bridgehead atoms. The summed E-state index contributed by atoms with van der Waals surface area (Å²) in [7, 11) is 3.09. The van der Waals surface area contributed by atoms with Gasteiger partial charge in [-0.25, -0.2) is 0 Å². The fourth-order valence-electron chi connectivity index (χ4n) is 4.54. The molecule has 1 saturated heterocycles. The van der Waals surface area contributed by atoms with Crippen molar-refractivity contribution in [2.45, 2.75) is 44.7 Å². The van der Waals surface area contributed by atoms with E-state index >= 15 is 0 Å². The summed E-state index contributed by atoms with van der Waals surface area (Å²) in [5.41, 5.74) is 2.51. The van der Waals surface area contributed by atoms with Crippen LogP contribution in [0, 0.1) is 0 Å². The Labute approximate surface area is 223 Å². The molecule has 0 spiro atoms. The zero-order valence-corrected chi connectivity index (χ0v) is 22.0. The molecule has 0 unspecified atom stereocenters.